The van der Waals surface area contributed by atoms with Crippen LogP contribution in [0.4, 0.5) is 16.3 Å². The summed E-state index contributed by atoms with van der Waals surface area (Å²) in [5.41, 5.74) is 10.1. The highest BCUT2D eigenvalue weighted by molar-refractivity contribution is 5.99. The predicted molar refractivity (Wildman–Crippen MR) is 164 cm³/mol. The Morgan fingerprint density at radius 1 is 1.05 bits per heavy atom. The molecule has 4 rings (SSSR count). The lowest BCUT2D eigenvalue weighted by Gasteiger charge is -2.33. The monoisotopic (exact) mass is 558 g/mol. The normalized spacial score (nSPS) is 14.0. The topological polar surface area (TPSA) is 132 Å². The van der Waals surface area contributed by atoms with Crippen LogP contribution in [-0.2, 0) is 16.6 Å². The number of carbonyl (C=O) groups is 2. The number of likely N-dealkylation sites (N-methyl/N-ethyl adjacent to an activating group) is 1. The number of amides is 3. The zero-order chi connectivity index (χ0) is 29.7. The standard InChI is InChI=1S/C31H42N8O2/c1-21-6-12-25(13-7-21)39-27(19-26(36-39)31(2,3)4)35-30(41)34-24-10-8-22(9-11-24)18-23-14-16-38(17-15-23)28(40)20-37(5)29(32)33/h6-13,19,23H,14-18,20H2,1-5H3,(H3,32,33)(H2,34,35,41). The van der Waals surface area contributed by atoms with Crippen LogP contribution in [0.3, 0.4) is 0 Å². The molecule has 1 aliphatic rings. The number of likely N-dealkylation sites (tertiary alicyclic amines) is 1. The van der Waals surface area contributed by atoms with Gasteiger partial charge < -0.3 is 20.9 Å². The van der Waals surface area contributed by atoms with Crippen molar-refractivity contribution in [3.05, 3.63) is 71.4 Å². The zero-order valence-corrected chi connectivity index (χ0v) is 24.7. The molecule has 1 saturated heterocycles. The Kier molecular flexibility index (Phi) is 9.00. The summed E-state index contributed by atoms with van der Waals surface area (Å²) in [4.78, 5) is 28.7. The number of aromatic nitrogens is 2. The van der Waals surface area contributed by atoms with Crippen molar-refractivity contribution >= 4 is 29.4 Å². The third kappa shape index (κ3) is 7.87. The maximum atomic E-state index is 13.0. The Labute approximate surface area is 242 Å². The second kappa shape index (κ2) is 12.4. The molecule has 3 aromatic rings. The van der Waals surface area contributed by atoms with Gasteiger partial charge in [0.15, 0.2) is 5.96 Å². The molecule has 1 aromatic heterocycles. The van der Waals surface area contributed by atoms with Gasteiger partial charge in [0.2, 0.25) is 5.91 Å². The molecule has 0 saturated carbocycles. The van der Waals surface area contributed by atoms with Crippen LogP contribution < -0.4 is 16.4 Å². The van der Waals surface area contributed by atoms with Crippen molar-refractivity contribution in [2.24, 2.45) is 11.7 Å². The number of carbonyl (C=O) groups excluding carboxylic acids is 2. The average Bonchev–Trinajstić information content (AvgIpc) is 3.34. The molecule has 0 bridgehead atoms. The van der Waals surface area contributed by atoms with Gasteiger partial charge in [0.1, 0.15) is 5.82 Å². The van der Waals surface area contributed by atoms with E-state index in [1.807, 2.05) is 66.4 Å². The summed E-state index contributed by atoms with van der Waals surface area (Å²) >= 11 is 0. The number of nitrogens with zero attached hydrogens (tertiary/aromatic N) is 4. The van der Waals surface area contributed by atoms with E-state index >= 15 is 0 Å². The van der Waals surface area contributed by atoms with Gasteiger partial charge in [-0.2, -0.15) is 5.10 Å². The number of nitrogens with two attached hydrogens (primary N) is 1. The summed E-state index contributed by atoms with van der Waals surface area (Å²) in [6.07, 6.45) is 2.79. The first-order chi connectivity index (χ1) is 19.4. The summed E-state index contributed by atoms with van der Waals surface area (Å²) in [5, 5.41) is 18.1. The van der Waals surface area contributed by atoms with Crippen molar-refractivity contribution in [2.75, 3.05) is 37.3 Å². The van der Waals surface area contributed by atoms with E-state index in [0.717, 1.165) is 36.2 Å². The minimum atomic E-state index is -0.334. The molecule has 1 fully saturated rings. The minimum Gasteiger partial charge on any atom is -0.370 e. The lowest BCUT2D eigenvalue weighted by atomic mass is 9.90. The van der Waals surface area contributed by atoms with E-state index in [1.54, 1.807) is 11.7 Å². The zero-order valence-electron chi connectivity index (χ0n) is 24.7. The van der Waals surface area contributed by atoms with Gasteiger partial charge in [0.25, 0.3) is 0 Å². The quantitative estimate of drug-likeness (QED) is 0.246. The molecule has 10 heteroatoms. The van der Waals surface area contributed by atoms with Crippen LogP contribution in [0.1, 0.15) is 50.4 Å². The maximum absolute atomic E-state index is 13.0. The fourth-order valence-electron chi connectivity index (χ4n) is 4.83. The number of anilines is 2. The molecule has 0 unspecified atom stereocenters. The fourth-order valence-corrected chi connectivity index (χ4v) is 4.83. The summed E-state index contributed by atoms with van der Waals surface area (Å²) in [5.74, 6) is 0.995. The molecule has 0 radical (unpaired) electrons. The Morgan fingerprint density at radius 3 is 2.27 bits per heavy atom. The fraction of sp³-hybridized carbons (Fsp3) is 0.419. The molecule has 2 aromatic carbocycles. The number of hydrogen-bond acceptors (Lipinski definition) is 4. The summed E-state index contributed by atoms with van der Waals surface area (Å²) < 4.78 is 1.77. The second-order valence-corrected chi connectivity index (χ2v) is 12.0. The summed E-state index contributed by atoms with van der Waals surface area (Å²) in [7, 11) is 1.65. The van der Waals surface area contributed by atoms with Crippen molar-refractivity contribution in [3.63, 3.8) is 0 Å². The molecule has 2 heterocycles. The van der Waals surface area contributed by atoms with Gasteiger partial charge in [-0.05, 0) is 61.9 Å². The Balaban J connectivity index is 1.32. The number of hydrogen-bond donors (Lipinski definition) is 4. The first kappa shape index (κ1) is 29.6. The van der Waals surface area contributed by atoms with Gasteiger partial charge in [0, 0.05) is 37.3 Å². The van der Waals surface area contributed by atoms with Crippen molar-refractivity contribution in [1.29, 1.82) is 5.41 Å². The number of guanidine groups is 1. The van der Waals surface area contributed by atoms with E-state index in [1.165, 1.54) is 10.5 Å². The van der Waals surface area contributed by atoms with Gasteiger partial charge in [-0.1, -0.05) is 50.6 Å². The van der Waals surface area contributed by atoms with Crippen molar-refractivity contribution < 1.29 is 9.59 Å². The summed E-state index contributed by atoms with van der Waals surface area (Å²) in [6.45, 7) is 9.88. The van der Waals surface area contributed by atoms with Crippen LogP contribution in [0.5, 0.6) is 0 Å². The second-order valence-electron chi connectivity index (χ2n) is 12.0. The van der Waals surface area contributed by atoms with Crippen molar-refractivity contribution in [2.45, 2.75) is 52.4 Å². The number of urea groups is 1. The molecule has 0 atom stereocenters. The first-order valence-electron chi connectivity index (χ1n) is 14.1. The number of benzene rings is 2. The van der Waals surface area contributed by atoms with E-state index in [0.29, 0.717) is 30.5 Å². The SMILES string of the molecule is Cc1ccc(-n2nc(C(C)(C)C)cc2NC(=O)Nc2ccc(CC3CCN(C(=O)CN(C)C(=N)N)CC3)cc2)cc1. The van der Waals surface area contributed by atoms with E-state index in [9.17, 15) is 9.59 Å². The Hall–Kier alpha value is -4.34. The highest BCUT2D eigenvalue weighted by Crippen LogP contribution is 2.27. The van der Waals surface area contributed by atoms with Crippen LogP contribution in [0.15, 0.2) is 54.6 Å². The van der Waals surface area contributed by atoms with Crippen LogP contribution in [0.2, 0.25) is 0 Å². The van der Waals surface area contributed by atoms with E-state index < -0.39 is 0 Å². The minimum absolute atomic E-state index is 0.00593. The van der Waals surface area contributed by atoms with Crippen molar-refractivity contribution in [1.82, 2.24) is 19.6 Å². The van der Waals surface area contributed by atoms with E-state index in [4.69, 9.17) is 16.2 Å². The number of nitrogens with one attached hydrogen (secondary N) is 3. The van der Waals surface area contributed by atoms with Crippen LogP contribution in [-0.4, -0.2) is 64.2 Å². The van der Waals surface area contributed by atoms with E-state index in [-0.39, 0.29) is 29.9 Å². The number of aryl methyl sites for hydroxylation is 1. The highest BCUT2D eigenvalue weighted by Gasteiger charge is 2.24. The molecule has 5 N–H and O–H groups in total. The molecular weight excluding hydrogens is 516 g/mol. The summed E-state index contributed by atoms with van der Waals surface area (Å²) in [6, 6.07) is 17.5. The number of piperidine rings is 1. The molecule has 41 heavy (non-hydrogen) atoms. The predicted octanol–water partition coefficient (Wildman–Crippen LogP) is 4.73. The molecule has 1 aliphatic heterocycles. The Morgan fingerprint density at radius 2 is 1.68 bits per heavy atom. The van der Waals surface area contributed by atoms with Crippen molar-refractivity contribution in [3.8, 4) is 5.69 Å². The average molecular weight is 559 g/mol. The third-order valence-corrected chi connectivity index (χ3v) is 7.49. The van der Waals surface area contributed by atoms with Gasteiger partial charge in [-0.25, -0.2) is 9.48 Å². The molecule has 0 aliphatic carbocycles. The molecule has 10 nitrogen and oxygen atoms in total. The van der Waals surface area contributed by atoms with Crippen LogP contribution in [0, 0.1) is 18.3 Å². The molecule has 3 amide bonds. The van der Waals surface area contributed by atoms with E-state index in [2.05, 4.69) is 31.4 Å². The molecule has 218 valence electrons. The van der Waals surface area contributed by atoms with Gasteiger partial charge >= 0.3 is 6.03 Å². The highest BCUT2D eigenvalue weighted by atomic mass is 16.2. The lowest BCUT2D eigenvalue weighted by molar-refractivity contribution is -0.132. The number of rotatable bonds is 7. The lowest BCUT2D eigenvalue weighted by Crippen LogP contribution is -2.46. The van der Waals surface area contributed by atoms with Crippen LogP contribution in [0.25, 0.3) is 5.69 Å². The molecule has 0 spiro atoms. The third-order valence-electron chi connectivity index (χ3n) is 7.49. The smallest absolute Gasteiger partial charge is 0.324 e. The van der Waals surface area contributed by atoms with Gasteiger partial charge in [-0.15, -0.1) is 0 Å². The van der Waals surface area contributed by atoms with Crippen LogP contribution >= 0.6 is 0 Å². The first-order valence-corrected chi connectivity index (χ1v) is 14.1. The van der Waals surface area contributed by atoms with Gasteiger partial charge in [-0.3, -0.25) is 15.5 Å². The largest absolute Gasteiger partial charge is 0.370 e. The van der Waals surface area contributed by atoms with Gasteiger partial charge in [0.05, 0.1) is 17.9 Å². The maximum Gasteiger partial charge on any atom is 0.324 e. The molecular formula is C31H42N8O2. The Bertz CT molecular complexity index is 1360.